The van der Waals surface area contributed by atoms with Crippen LogP contribution >= 0.6 is 0 Å². The zero-order chi connectivity index (χ0) is 17.5. The molecular weight excluding hydrogens is 286 g/mol. The number of carbonyl (C=O) groups is 3. The molecule has 0 saturated heterocycles. The van der Waals surface area contributed by atoms with Gasteiger partial charge >= 0.3 is 5.97 Å². The summed E-state index contributed by atoms with van der Waals surface area (Å²) in [6.45, 7) is 6.96. The van der Waals surface area contributed by atoms with Crippen molar-refractivity contribution in [2.45, 2.75) is 53.1 Å². The lowest BCUT2D eigenvalue weighted by Crippen LogP contribution is -2.35. The molecule has 2 unspecified atom stereocenters. The smallest absolute Gasteiger partial charge is 0.311 e. The monoisotopic (exact) mass is 313 g/mol. The highest BCUT2D eigenvalue weighted by atomic mass is 16.5. The van der Waals surface area contributed by atoms with Gasteiger partial charge in [-0.25, -0.2) is 0 Å². The minimum Gasteiger partial charge on any atom is -0.469 e. The Labute approximate surface area is 132 Å². The van der Waals surface area contributed by atoms with Crippen LogP contribution in [0.5, 0.6) is 0 Å². The summed E-state index contributed by atoms with van der Waals surface area (Å²) in [5.74, 6) is -1.52. The van der Waals surface area contributed by atoms with Gasteiger partial charge in [0.1, 0.15) is 11.9 Å². The number of nitrogens with one attached hydrogen (secondary N) is 1. The second kappa shape index (κ2) is 8.78. The van der Waals surface area contributed by atoms with E-state index < -0.39 is 23.4 Å². The molecule has 0 aliphatic carbocycles. The molecule has 1 N–H and O–H groups in total. The van der Waals surface area contributed by atoms with Gasteiger partial charge in [0.05, 0.1) is 13.0 Å². The van der Waals surface area contributed by atoms with E-state index in [9.17, 15) is 14.4 Å². The minimum atomic E-state index is -0.890. The highest BCUT2D eigenvalue weighted by Gasteiger charge is 2.31. The molecule has 0 amide bonds. The normalized spacial score (nSPS) is 14.1. The average Bonchev–Trinajstić information content (AvgIpc) is 2.43. The molecule has 6 nitrogen and oxygen atoms in total. The zero-order valence-electron chi connectivity index (χ0n) is 14.3. The summed E-state index contributed by atoms with van der Waals surface area (Å²) in [6, 6.07) is 0. The lowest BCUT2D eigenvalue weighted by atomic mass is 9.87. The quantitative estimate of drug-likeness (QED) is 0.520. The van der Waals surface area contributed by atoms with Crippen LogP contribution in [0.15, 0.2) is 0 Å². The lowest BCUT2D eigenvalue weighted by molar-refractivity contribution is -0.153. The summed E-state index contributed by atoms with van der Waals surface area (Å²) in [6.07, 6.45) is -0.593. The molecule has 0 aromatic carbocycles. The van der Waals surface area contributed by atoms with E-state index in [1.807, 2.05) is 0 Å². The van der Waals surface area contributed by atoms with E-state index in [0.29, 0.717) is 0 Å². The van der Waals surface area contributed by atoms with Crippen molar-refractivity contribution in [1.29, 1.82) is 5.41 Å². The third-order valence-corrected chi connectivity index (χ3v) is 3.48. The van der Waals surface area contributed by atoms with Crippen LogP contribution in [0.1, 0.15) is 47.0 Å². The summed E-state index contributed by atoms with van der Waals surface area (Å²) in [5.41, 5.74) is -0.279. The van der Waals surface area contributed by atoms with Crippen LogP contribution in [0.4, 0.5) is 0 Å². The second-order valence-corrected chi connectivity index (χ2v) is 6.39. The van der Waals surface area contributed by atoms with Crippen molar-refractivity contribution in [3.05, 3.63) is 0 Å². The Morgan fingerprint density at radius 3 is 2.05 bits per heavy atom. The first-order chi connectivity index (χ1) is 10.0. The highest BCUT2D eigenvalue weighted by Crippen LogP contribution is 2.18. The van der Waals surface area contributed by atoms with E-state index >= 15 is 0 Å². The molecule has 0 fully saturated rings. The van der Waals surface area contributed by atoms with E-state index in [1.165, 1.54) is 14.2 Å². The van der Waals surface area contributed by atoms with Gasteiger partial charge in [-0.3, -0.25) is 14.4 Å². The molecule has 22 heavy (non-hydrogen) atoms. The fourth-order valence-corrected chi connectivity index (χ4v) is 1.89. The number of hydrogen-bond acceptors (Lipinski definition) is 6. The Morgan fingerprint density at radius 1 is 1.09 bits per heavy atom. The van der Waals surface area contributed by atoms with Crippen LogP contribution in [0, 0.1) is 16.7 Å². The fraction of sp³-hybridized carbons (Fsp3) is 0.750. The van der Waals surface area contributed by atoms with Gasteiger partial charge in [-0.15, -0.1) is 0 Å². The maximum atomic E-state index is 12.1. The largest absolute Gasteiger partial charge is 0.469 e. The van der Waals surface area contributed by atoms with Crippen molar-refractivity contribution in [2.24, 2.45) is 11.3 Å². The Kier molecular flexibility index (Phi) is 8.16. The SMILES string of the molecule is COC(=O)C(C)C(OC)C(=O)CCC(=N)CC(=O)C(C)(C)C. The predicted octanol–water partition coefficient (Wildman–Crippen LogP) is 2.18. The topological polar surface area (TPSA) is 93.5 Å². The third kappa shape index (κ3) is 6.47. The van der Waals surface area contributed by atoms with Crippen LogP contribution < -0.4 is 0 Å². The lowest BCUT2D eigenvalue weighted by Gasteiger charge is -2.20. The molecule has 0 aromatic heterocycles. The summed E-state index contributed by atoms with van der Waals surface area (Å²) in [7, 11) is 2.61. The molecule has 0 aromatic rings. The number of rotatable bonds is 9. The van der Waals surface area contributed by atoms with Crippen molar-refractivity contribution in [1.82, 2.24) is 0 Å². The van der Waals surface area contributed by atoms with E-state index in [0.717, 1.165) is 0 Å². The summed E-state index contributed by atoms with van der Waals surface area (Å²) in [5, 5.41) is 7.81. The first-order valence-electron chi connectivity index (χ1n) is 7.27. The number of ether oxygens (including phenoxy) is 2. The first-order valence-corrected chi connectivity index (χ1v) is 7.27. The van der Waals surface area contributed by atoms with Crippen LogP contribution in [0.2, 0.25) is 0 Å². The number of carbonyl (C=O) groups excluding carboxylic acids is 3. The molecule has 0 aliphatic heterocycles. The molecule has 0 spiro atoms. The van der Waals surface area contributed by atoms with Crippen molar-refractivity contribution < 1.29 is 23.9 Å². The molecule has 126 valence electrons. The number of hydrogen-bond donors (Lipinski definition) is 1. The maximum absolute atomic E-state index is 12.1. The second-order valence-electron chi connectivity index (χ2n) is 6.39. The molecule has 0 bridgehead atoms. The predicted molar refractivity (Wildman–Crippen MR) is 83.0 cm³/mol. The van der Waals surface area contributed by atoms with Gasteiger partial charge in [-0.2, -0.15) is 0 Å². The van der Waals surface area contributed by atoms with E-state index in [1.54, 1.807) is 27.7 Å². The van der Waals surface area contributed by atoms with Crippen LogP contribution in [-0.4, -0.2) is 43.6 Å². The number of methoxy groups -OCH3 is 2. The van der Waals surface area contributed by atoms with Gasteiger partial charge in [-0.1, -0.05) is 20.8 Å². The van der Waals surface area contributed by atoms with Gasteiger partial charge in [0.2, 0.25) is 0 Å². The molecule has 0 aliphatic rings. The molecule has 6 heteroatoms. The fourth-order valence-electron chi connectivity index (χ4n) is 1.89. The number of ketones is 2. The first kappa shape index (κ1) is 20.4. The molecule has 2 atom stereocenters. The third-order valence-electron chi connectivity index (χ3n) is 3.48. The van der Waals surface area contributed by atoms with Gasteiger partial charge in [0.15, 0.2) is 5.78 Å². The van der Waals surface area contributed by atoms with Gasteiger partial charge in [-0.05, 0) is 13.3 Å². The number of Topliss-reactive ketones (excluding diaryl/α,β-unsaturated/α-hetero) is 2. The molecule has 0 rings (SSSR count). The minimum absolute atomic E-state index is 0.0313. The van der Waals surface area contributed by atoms with E-state index in [2.05, 4.69) is 4.74 Å². The van der Waals surface area contributed by atoms with Gasteiger partial charge in [0, 0.05) is 31.1 Å². The van der Waals surface area contributed by atoms with Crippen LogP contribution in [-0.2, 0) is 23.9 Å². The van der Waals surface area contributed by atoms with Crippen LogP contribution in [0.25, 0.3) is 0 Å². The molecule has 0 radical (unpaired) electrons. The standard InChI is InChI=1S/C16H27NO5/c1-10(15(20)22-6)14(21-5)12(18)8-7-11(17)9-13(19)16(2,3)4/h10,14,17H,7-9H2,1-6H3. The average molecular weight is 313 g/mol. The van der Waals surface area contributed by atoms with Gasteiger partial charge < -0.3 is 14.9 Å². The molecular formula is C16H27NO5. The summed E-state index contributed by atoms with van der Waals surface area (Å²) >= 11 is 0. The highest BCUT2D eigenvalue weighted by molar-refractivity contribution is 6.03. The maximum Gasteiger partial charge on any atom is 0.311 e. The van der Waals surface area contributed by atoms with Crippen molar-refractivity contribution in [3.8, 4) is 0 Å². The Bertz CT molecular complexity index is 436. The van der Waals surface area contributed by atoms with Crippen molar-refractivity contribution in [3.63, 3.8) is 0 Å². The molecule has 0 heterocycles. The van der Waals surface area contributed by atoms with Gasteiger partial charge in [0.25, 0.3) is 0 Å². The van der Waals surface area contributed by atoms with Crippen molar-refractivity contribution >= 4 is 23.2 Å². The van der Waals surface area contributed by atoms with Crippen LogP contribution in [0.3, 0.4) is 0 Å². The molecule has 0 saturated carbocycles. The number of esters is 1. The van der Waals surface area contributed by atoms with E-state index in [-0.39, 0.29) is 36.5 Å². The summed E-state index contributed by atoms with van der Waals surface area (Å²) in [4.78, 5) is 35.4. The van der Waals surface area contributed by atoms with E-state index in [4.69, 9.17) is 10.1 Å². The Morgan fingerprint density at radius 2 is 1.64 bits per heavy atom. The Balaban J connectivity index is 4.51. The zero-order valence-corrected chi connectivity index (χ0v) is 14.3. The van der Waals surface area contributed by atoms with Crippen molar-refractivity contribution in [2.75, 3.05) is 14.2 Å². The Hall–Kier alpha value is -1.56. The summed E-state index contributed by atoms with van der Waals surface area (Å²) < 4.78 is 9.68.